The van der Waals surface area contributed by atoms with Crippen molar-refractivity contribution in [2.75, 3.05) is 26.3 Å². The van der Waals surface area contributed by atoms with Crippen LogP contribution in [0.5, 0.6) is 5.75 Å². The van der Waals surface area contributed by atoms with E-state index in [1.165, 1.54) is 19.1 Å². The first-order valence-corrected chi connectivity index (χ1v) is 13.7. The number of carbonyl (C=O) groups excluding carboxylic acids is 1. The van der Waals surface area contributed by atoms with Gasteiger partial charge in [-0.3, -0.25) is 4.79 Å². The minimum Gasteiger partial charge on any atom is -0.508 e. The molecule has 36 heavy (non-hydrogen) atoms. The molecule has 0 spiro atoms. The van der Waals surface area contributed by atoms with Gasteiger partial charge >= 0.3 is 5.97 Å². The first kappa shape index (κ1) is 29.7. The number of aryl methyl sites for hydroxylation is 1. The second-order valence-corrected chi connectivity index (χ2v) is 10.3. The van der Waals surface area contributed by atoms with E-state index in [-0.39, 0.29) is 17.3 Å². The molecule has 0 bridgehead atoms. The summed E-state index contributed by atoms with van der Waals surface area (Å²) in [6.45, 7) is 3.79. The molecular formula is C26H38N2O7S. The van der Waals surface area contributed by atoms with Crippen LogP contribution in [0.25, 0.3) is 0 Å². The summed E-state index contributed by atoms with van der Waals surface area (Å²) in [6.07, 6.45) is 4.79. The highest BCUT2D eigenvalue weighted by Crippen LogP contribution is 2.23. The van der Waals surface area contributed by atoms with Gasteiger partial charge in [-0.05, 0) is 80.5 Å². The van der Waals surface area contributed by atoms with E-state index >= 15 is 0 Å². The minimum absolute atomic E-state index is 0.0253. The predicted molar refractivity (Wildman–Crippen MR) is 137 cm³/mol. The Kier molecular flexibility index (Phi) is 12.9. The number of aromatic hydroxyl groups is 1. The lowest BCUT2D eigenvalue weighted by atomic mass is 10.1. The Morgan fingerprint density at radius 1 is 1.06 bits per heavy atom. The van der Waals surface area contributed by atoms with Gasteiger partial charge in [-0.15, -0.1) is 0 Å². The number of carbonyl (C=O) groups is 1. The average Bonchev–Trinajstić information content (AvgIpc) is 2.83. The van der Waals surface area contributed by atoms with Crippen LogP contribution in [0.4, 0.5) is 0 Å². The van der Waals surface area contributed by atoms with Crippen LogP contribution in [0, 0.1) is 0 Å². The van der Waals surface area contributed by atoms with Crippen molar-refractivity contribution in [2.45, 2.75) is 63.1 Å². The number of sulfonamides is 1. The number of esters is 1. The van der Waals surface area contributed by atoms with Gasteiger partial charge in [0.05, 0.1) is 11.0 Å². The maximum atomic E-state index is 11.4. The number of ether oxygens (including phenoxy) is 2. The van der Waals surface area contributed by atoms with Gasteiger partial charge in [-0.2, -0.15) is 0 Å². The van der Waals surface area contributed by atoms with Crippen LogP contribution in [0.3, 0.4) is 0 Å². The fraction of sp³-hybridized carbons (Fsp3) is 0.500. The third-order valence-corrected chi connectivity index (χ3v) is 6.54. The number of aliphatic hydroxyl groups excluding tert-OH is 1. The van der Waals surface area contributed by atoms with Crippen molar-refractivity contribution in [1.29, 1.82) is 0 Å². The molecular weight excluding hydrogens is 484 g/mol. The van der Waals surface area contributed by atoms with Gasteiger partial charge in [-0.25, -0.2) is 13.6 Å². The zero-order valence-corrected chi connectivity index (χ0v) is 21.6. The molecule has 0 aliphatic rings. The summed E-state index contributed by atoms with van der Waals surface area (Å²) >= 11 is 0. The van der Waals surface area contributed by atoms with Crippen molar-refractivity contribution < 1.29 is 32.9 Å². The Bertz CT molecular complexity index is 1060. The van der Waals surface area contributed by atoms with Gasteiger partial charge < -0.3 is 25.0 Å². The average molecular weight is 523 g/mol. The number of hydrogen-bond donors (Lipinski definition) is 4. The highest BCUT2D eigenvalue weighted by molar-refractivity contribution is 7.89. The molecule has 2 aromatic carbocycles. The third kappa shape index (κ3) is 11.5. The topological polar surface area (TPSA) is 148 Å². The molecule has 0 unspecified atom stereocenters. The molecule has 0 heterocycles. The van der Waals surface area contributed by atoms with Crippen LogP contribution in [0.1, 0.15) is 61.8 Å². The summed E-state index contributed by atoms with van der Waals surface area (Å²) < 4.78 is 33.4. The third-order valence-electron chi connectivity index (χ3n) is 5.63. The lowest BCUT2D eigenvalue weighted by Gasteiger charge is -2.14. The molecule has 0 radical (unpaired) electrons. The van der Waals surface area contributed by atoms with Gasteiger partial charge in [0.15, 0.2) is 0 Å². The monoisotopic (exact) mass is 522 g/mol. The number of phenols is 1. The number of benzene rings is 2. The van der Waals surface area contributed by atoms with Gasteiger partial charge in [0.1, 0.15) is 12.4 Å². The predicted octanol–water partition coefficient (Wildman–Crippen LogP) is 2.94. The van der Waals surface area contributed by atoms with Gasteiger partial charge in [0.25, 0.3) is 0 Å². The minimum atomic E-state index is -3.67. The van der Waals surface area contributed by atoms with Crippen LogP contribution >= 0.6 is 0 Å². The number of rotatable bonds is 17. The van der Waals surface area contributed by atoms with Crippen molar-refractivity contribution in [3.05, 3.63) is 59.2 Å². The largest absolute Gasteiger partial charge is 0.508 e. The number of unbranched alkanes of at least 4 members (excludes halogenated alkanes) is 3. The van der Waals surface area contributed by atoms with Crippen molar-refractivity contribution in [3.8, 4) is 5.75 Å². The van der Waals surface area contributed by atoms with E-state index in [9.17, 15) is 23.4 Å². The quantitative estimate of drug-likeness (QED) is 0.183. The first-order chi connectivity index (χ1) is 17.2. The van der Waals surface area contributed by atoms with Crippen LogP contribution in [0.15, 0.2) is 47.4 Å². The fourth-order valence-electron chi connectivity index (χ4n) is 3.61. The number of phenolic OH excluding ortho intramolecular Hbond substituents is 1. The normalized spacial score (nSPS) is 12.4. The summed E-state index contributed by atoms with van der Waals surface area (Å²) in [5, 5.41) is 28.6. The first-order valence-electron chi connectivity index (χ1n) is 12.2. The Morgan fingerprint density at radius 3 is 2.53 bits per heavy atom. The van der Waals surface area contributed by atoms with E-state index in [4.69, 9.17) is 14.6 Å². The molecule has 5 N–H and O–H groups in total. The second-order valence-electron chi connectivity index (χ2n) is 8.71. The standard InChI is InChI=1S/C26H38N2O7S/c1-20(29)35-19-23-17-22(11-12-25(23)30)26(31)18-28-13-4-2-5-14-34-15-6-3-8-21-9-7-10-24(16-21)36(27,32)33/h7,9-12,16-17,26,28,30-31H,2-6,8,13-15,18-19H2,1H3,(H2,27,32,33)/t26-/m0/s1. The highest BCUT2D eigenvalue weighted by atomic mass is 32.2. The lowest BCUT2D eigenvalue weighted by molar-refractivity contribution is -0.142. The Morgan fingerprint density at radius 2 is 1.81 bits per heavy atom. The molecule has 2 aromatic rings. The summed E-state index contributed by atoms with van der Waals surface area (Å²) in [5.74, 6) is -0.407. The maximum Gasteiger partial charge on any atom is 0.302 e. The molecule has 0 aliphatic heterocycles. The molecule has 2 rings (SSSR count). The van der Waals surface area contributed by atoms with Gasteiger partial charge in [-0.1, -0.05) is 18.2 Å². The SMILES string of the molecule is CC(=O)OCc1cc([C@@H](O)CNCCCCCOCCCCc2cccc(S(N)(=O)=O)c2)ccc1O. The van der Waals surface area contributed by atoms with Crippen LogP contribution in [-0.2, 0) is 37.3 Å². The second kappa shape index (κ2) is 15.6. The molecule has 0 saturated heterocycles. The number of nitrogens with two attached hydrogens (primary N) is 1. The lowest BCUT2D eigenvalue weighted by Crippen LogP contribution is -2.22. The van der Waals surface area contributed by atoms with Crippen LogP contribution < -0.4 is 10.5 Å². The van der Waals surface area contributed by atoms with E-state index in [0.29, 0.717) is 30.9 Å². The highest BCUT2D eigenvalue weighted by Gasteiger charge is 2.11. The Labute approximate surface area is 213 Å². The summed E-state index contributed by atoms with van der Waals surface area (Å²) in [4.78, 5) is 11.1. The van der Waals surface area contributed by atoms with E-state index in [2.05, 4.69) is 5.32 Å². The van der Waals surface area contributed by atoms with Crippen molar-refractivity contribution >= 4 is 16.0 Å². The molecule has 0 aliphatic carbocycles. The van der Waals surface area contributed by atoms with E-state index in [0.717, 1.165) is 50.6 Å². The van der Waals surface area contributed by atoms with Crippen molar-refractivity contribution in [2.24, 2.45) is 5.14 Å². The molecule has 9 nitrogen and oxygen atoms in total. The van der Waals surface area contributed by atoms with E-state index in [1.54, 1.807) is 24.3 Å². The summed E-state index contributed by atoms with van der Waals surface area (Å²) in [5.41, 5.74) is 2.05. The Hall–Kier alpha value is -2.50. The van der Waals surface area contributed by atoms with E-state index in [1.807, 2.05) is 6.07 Å². The zero-order chi connectivity index (χ0) is 26.4. The van der Waals surface area contributed by atoms with Crippen molar-refractivity contribution in [1.82, 2.24) is 5.32 Å². The summed E-state index contributed by atoms with van der Waals surface area (Å²) in [6, 6.07) is 11.5. The van der Waals surface area contributed by atoms with Gasteiger partial charge in [0.2, 0.25) is 10.0 Å². The molecule has 0 saturated carbocycles. The number of hydrogen-bond acceptors (Lipinski definition) is 8. The number of nitrogens with one attached hydrogen (secondary N) is 1. The molecule has 10 heteroatoms. The Balaban J connectivity index is 1.49. The molecule has 0 aromatic heterocycles. The number of aliphatic hydroxyl groups is 1. The van der Waals surface area contributed by atoms with Crippen LogP contribution in [-0.4, -0.2) is 50.9 Å². The van der Waals surface area contributed by atoms with Crippen molar-refractivity contribution in [3.63, 3.8) is 0 Å². The van der Waals surface area contributed by atoms with Gasteiger partial charge in [0, 0.05) is 32.2 Å². The molecule has 0 fully saturated rings. The molecule has 200 valence electrons. The maximum absolute atomic E-state index is 11.4. The molecule has 1 atom stereocenters. The van der Waals surface area contributed by atoms with E-state index < -0.39 is 22.1 Å². The fourth-order valence-corrected chi connectivity index (χ4v) is 4.19. The zero-order valence-electron chi connectivity index (χ0n) is 20.8. The smallest absolute Gasteiger partial charge is 0.302 e. The number of primary sulfonamides is 1. The van der Waals surface area contributed by atoms with Crippen LogP contribution in [0.2, 0.25) is 0 Å². The molecule has 0 amide bonds. The summed E-state index contributed by atoms with van der Waals surface area (Å²) in [7, 11) is -3.67.